The Hall–Kier alpha value is -4.30. The third-order valence-electron chi connectivity index (χ3n) is 3.95. The molecule has 144 valence electrons. The standard InChI is InChI=1S/C21H20N8/c1-21(2,16-6-4-8-19(28-16)26-12-10-15(23)14-22)17-7-5-9-20(29-17)27-13-11-18(24)25-3/h4-13,24H,23H2,1-2H3,(H,27,29). The van der Waals surface area contributed by atoms with Gasteiger partial charge < -0.3 is 15.9 Å². The lowest BCUT2D eigenvalue weighted by atomic mass is 9.84. The van der Waals surface area contributed by atoms with Gasteiger partial charge in [-0.1, -0.05) is 18.7 Å². The molecule has 0 unspecified atom stereocenters. The summed E-state index contributed by atoms with van der Waals surface area (Å²) in [5, 5.41) is 18.9. The van der Waals surface area contributed by atoms with Crippen molar-refractivity contribution >= 4 is 23.7 Å². The monoisotopic (exact) mass is 384 g/mol. The molecule has 29 heavy (non-hydrogen) atoms. The molecule has 0 saturated carbocycles. The molecule has 0 aromatic carbocycles. The molecular weight excluding hydrogens is 364 g/mol. The number of pyridine rings is 2. The third-order valence-corrected chi connectivity index (χ3v) is 3.95. The summed E-state index contributed by atoms with van der Waals surface area (Å²) in [5.74, 6) is 0.922. The minimum absolute atomic E-state index is 0.0688. The van der Waals surface area contributed by atoms with Gasteiger partial charge in [-0.25, -0.2) is 15.0 Å². The second kappa shape index (κ2) is 9.58. The first-order valence-corrected chi connectivity index (χ1v) is 8.61. The molecule has 0 aliphatic rings. The summed E-state index contributed by atoms with van der Waals surface area (Å²) in [4.78, 5) is 16.4. The largest absolute Gasteiger partial charge is 0.390 e. The number of aromatic nitrogens is 2. The van der Waals surface area contributed by atoms with Gasteiger partial charge in [-0.05, 0) is 56.5 Å². The van der Waals surface area contributed by atoms with Crippen LogP contribution in [0.5, 0.6) is 0 Å². The zero-order valence-electron chi connectivity index (χ0n) is 16.1. The molecule has 2 rings (SSSR count). The Bertz CT molecular complexity index is 1060. The molecule has 0 atom stereocenters. The third kappa shape index (κ3) is 5.84. The normalized spacial score (nSPS) is 11.9. The van der Waals surface area contributed by atoms with E-state index in [1.54, 1.807) is 12.1 Å². The Balaban J connectivity index is 2.27. The van der Waals surface area contributed by atoms with Crippen molar-refractivity contribution < 1.29 is 0 Å². The van der Waals surface area contributed by atoms with E-state index >= 15 is 0 Å². The molecular formula is C21H20N8. The molecule has 0 fully saturated rings. The molecule has 0 radical (unpaired) electrons. The van der Waals surface area contributed by atoms with Crippen LogP contribution in [0.3, 0.4) is 0 Å². The summed E-state index contributed by atoms with van der Waals surface area (Å²) in [5.41, 5.74) is 6.56. The molecule has 0 saturated heterocycles. The van der Waals surface area contributed by atoms with Gasteiger partial charge in [0.2, 0.25) is 0 Å². The lowest BCUT2D eigenvalue weighted by molar-refractivity contribution is 0.596. The number of anilines is 1. The van der Waals surface area contributed by atoms with Crippen molar-refractivity contribution in [3.8, 4) is 6.07 Å². The number of allylic oxidation sites excluding steroid dienone is 2. The van der Waals surface area contributed by atoms with Crippen LogP contribution in [0.4, 0.5) is 11.6 Å². The minimum Gasteiger partial charge on any atom is -0.390 e. The predicted molar refractivity (Wildman–Crippen MR) is 114 cm³/mol. The Morgan fingerprint density at radius 3 is 2.66 bits per heavy atom. The maximum Gasteiger partial charge on any atom is 0.263 e. The average Bonchev–Trinajstić information content (AvgIpc) is 2.73. The summed E-state index contributed by atoms with van der Waals surface area (Å²) in [7, 11) is 0. The van der Waals surface area contributed by atoms with E-state index in [-0.39, 0.29) is 11.5 Å². The highest BCUT2D eigenvalue weighted by Crippen LogP contribution is 2.30. The maximum absolute atomic E-state index is 8.66. The van der Waals surface area contributed by atoms with Crippen molar-refractivity contribution in [1.82, 2.24) is 9.97 Å². The van der Waals surface area contributed by atoms with Crippen LogP contribution in [0.25, 0.3) is 4.85 Å². The van der Waals surface area contributed by atoms with E-state index in [0.29, 0.717) is 11.6 Å². The van der Waals surface area contributed by atoms with Crippen LogP contribution in [0.1, 0.15) is 25.2 Å². The number of amidine groups is 1. The first-order valence-electron chi connectivity index (χ1n) is 8.61. The van der Waals surface area contributed by atoms with E-state index in [2.05, 4.69) is 25.1 Å². The number of nitrogens with two attached hydrogens (primary N) is 1. The first-order chi connectivity index (χ1) is 13.9. The molecule has 0 spiro atoms. The maximum atomic E-state index is 8.66. The van der Waals surface area contributed by atoms with Crippen LogP contribution in [0.15, 0.2) is 65.4 Å². The van der Waals surface area contributed by atoms with Crippen LogP contribution in [0.2, 0.25) is 0 Å². The first kappa shape index (κ1) is 21.0. The van der Waals surface area contributed by atoms with Crippen LogP contribution < -0.4 is 11.1 Å². The van der Waals surface area contributed by atoms with Crippen LogP contribution in [-0.4, -0.2) is 22.0 Å². The molecule has 0 bridgehead atoms. The van der Waals surface area contributed by atoms with Gasteiger partial charge in [0.25, 0.3) is 5.84 Å². The lowest BCUT2D eigenvalue weighted by Gasteiger charge is -2.24. The van der Waals surface area contributed by atoms with Gasteiger partial charge in [-0.3, -0.25) is 0 Å². The van der Waals surface area contributed by atoms with Crippen molar-refractivity contribution in [3.05, 3.63) is 83.3 Å². The summed E-state index contributed by atoms with van der Waals surface area (Å²) in [6, 6.07) is 12.9. The molecule has 8 nitrogen and oxygen atoms in total. The second-order valence-corrected chi connectivity index (χ2v) is 6.40. The quantitative estimate of drug-likeness (QED) is 0.290. The number of nitrogens with zero attached hydrogens (tertiary/aromatic N) is 5. The number of hydrogen-bond donors (Lipinski definition) is 3. The van der Waals surface area contributed by atoms with Gasteiger partial charge in [-0.15, -0.1) is 0 Å². The van der Waals surface area contributed by atoms with Crippen molar-refractivity contribution in [2.45, 2.75) is 19.3 Å². The Morgan fingerprint density at radius 1 is 1.28 bits per heavy atom. The molecule has 2 aromatic rings. The van der Waals surface area contributed by atoms with E-state index in [4.69, 9.17) is 23.0 Å². The van der Waals surface area contributed by atoms with Gasteiger partial charge in [0, 0.05) is 11.6 Å². The van der Waals surface area contributed by atoms with Gasteiger partial charge in [0.15, 0.2) is 5.82 Å². The van der Waals surface area contributed by atoms with E-state index in [9.17, 15) is 0 Å². The van der Waals surface area contributed by atoms with Gasteiger partial charge in [0.1, 0.15) is 17.6 Å². The number of nitrogens with one attached hydrogen (secondary N) is 2. The number of hydrogen-bond acceptors (Lipinski definition) is 7. The zero-order valence-corrected chi connectivity index (χ0v) is 16.1. The molecule has 2 aromatic heterocycles. The van der Waals surface area contributed by atoms with Crippen molar-refractivity contribution in [2.24, 2.45) is 10.7 Å². The number of nitriles is 1. The van der Waals surface area contributed by atoms with Crippen LogP contribution in [-0.2, 0) is 5.41 Å². The average molecular weight is 384 g/mol. The molecule has 8 heteroatoms. The van der Waals surface area contributed by atoms with Crippen molar-refractivity contribution in [1.29, 1.82) is 10.7 Å². The Morgan fingerprint density at radius 2 is 1.97 bits per heavy atom. The highest BCUT2D eigenvalue weighted by Gasteiger charge is 2.26. The van der Waals surface area contributed by atoms with E-state index in [0.717, 1.165) is 11.4 Å². The zero-order chi connectivity index (χ0) is 21.3. The minimum atomic E-state index is -0.502. The summed E-state index contributed by atoms with van der Waals surface area (Å²) >= 11 is 0. The fourth-order valence-corrected chi connectivity index (χ4v) is 2.31. The smallest absolute Gasteiger partial charge is 0.263 e. The van der Waals surface area contributed by atoms with Crippen LogP contribution >= 0.6 is 0 Å². The van der Waals surface area contributed by atoms with E-state index in [1.165, 1.54) is 24.6 Å². The predicted octanol–water partition coefficient (Wildman–Crippen LogP) is 3.69. The topological polar surface area (TPSA) is 128 Å². The van der Waals surface area contributed by atoms with Crippen LogP contribution in [0, 0.1) is 23.3 Å². The summed E-state index contributed by atoms with van der Waals surface area (Å²) < 4.78 is 0. The highest BCUT2D eigenvalue weighted by molar-refractivity contribution is 5.98. The highest BCUT2D eigenvalue weighted by atomic mass is 15.0. The Labute approximate surface area is 169 Å². The molecule has 0 aliphatic heterocycles. The van der Waals surface area contributed by atoms with Gasteiger partial charge in [0.05, 0.1) is 11.4 Å². The molecule has 0 amide bonds. The molecule has 0 aliphatic carbocycles. The molecule has 4 N–H and O–H groups in total. The summed E-state index contributed by atoms with van der Waals surface area (Å²) in [6.07, 6.45) is 5.72. The summed E-state index contributed by atoms with van der Waals surface area (Å²) in [6.45, 7) is 10.8. The molecule has 2 heterocycles. The fraction of sp³-hybridized carbons (Fsp3) is 0.143. The van der Waals surface area contributed by atoms with E-state index in [1.807, 2.05) is 44.2 Å². The number of aliphatic imine (C=N–C) groups is 1. The fourth-order valence-electron chi connectivity index (χ4n) is 2.31. The van der Waals surface area contributed by atoms with E-state index < -0.39 is 5.41 Å². The van der Waals surface area contributed by atoms with Gasteiger partial charge >= 0.3 is 0 Å². The van der Waals surface area contributed by atoms with Crippen molar-refractivity contribution in [3.63, 3.8) is 0 Å². The number of rotatable bonds is 7. The second-order valence-electron chi connectivity index (χ2n) is 6.40. The van der Waals surface area contributed by atoms with Gasteiger partial charge in [-0.2, -0.15) is 10.7 Å². The SMILES string of the molecule is [C-]#[N+]C(=N)C=CNc1cccc(C(C)(C)c2cccc(N=CC=C(N)C#N)n2)n1. The lowest BCUT2D eigenvalue weighted by Crippen LogP contribution is -2.22. The van der Waals surface area contributed by atoms with Crippen molar-refractivity contribution in [2.75, 3.05) is 5.32 Å². The Kier molecular flexibility index (Phi) is 6.94.